The zero-order valence-electron chi connectivity index (χ0n) is 6.51. The first-order chi connectivity index (χ1) is 5.36. The van der Waals surface area contributed by atoms with E-state index in [4.69, 9.17) is 4.74 Å². The monoisotopic (exact) mass is 155 g/mol. The topological polar surface area (TPSA) is 38.3 Å². The molecule has 0 aromatic heterocycles. The Kier molecular flexibility index (Phi) is 1.82. The molecule has 2 aliphatic rings. The molecular weight excluding hydrogens is 142 g/mol. The third-order valence-electron chi connectivity index (χ3n) is 2.65. The second kappa shape index (κ2) is 2.81. The smallest absolute Gasteiger partial charge is 0.306 e. The summed E-state index contributed by atoms with van der Waals surface area (Å²) in [6, 6.07) is 0. The summed E-state index contributed by atoms with van der Waals surface area (Å²) in [6.45, 7) is 2.74. The number of ether oxygens (including phenoxy) is 1. The molecule has 2 atom stereocenters. The van der Waals surface area contributed by atoms with Gasteiger partial charge in [-0.25, -0.2) is 0 Å². The lowest BCUT2D eigenvalue weighted by molar-refractivity contribution is -0.153. The Morgan fingerprint density at radius 2 is 2.36 bits per heavy atom. The van der Waals surface area contributed by atoms with Crippen LogP contribution in [0.5, 0.6) is 0 Å². The number of hydrogen-bond donors (Lipinski definition) is 1. The van der Waals surface area contributed by atoms with Crippen LogP contribution in [0, 0.1) is 11.8 Å². The second-order valence-electron chi connectivity index (χ2n) is 3.40. The first-order valence-corrected chi connectivity index (χ1v) is 4.22. The summed E-state index contributed by atoms with van der Waals surface area (Å²) in [5.41, 5.74) is 0. The third kappa shape index (κ3) is 1.38. The van der Waals surface area contributed by atoms with Crippen LogP contribution in [0.4, 0.5) is 0 Å². The molecule has 2 rings (SSSR count). The Hall–Kier alpha value is -0.570. The number of piperidine rings is 1. The van der Waals surface area contributed by atoms with Crippen LogP contribution in [0.3, 0.4) is 0 Å². The third-order valence-corrected chi connectivity index (χ3v) is 2.65. The Balaban J connectivity index is 1.98. The molecule has 2 aliphatic heterocycles. The number of rotatable bonds is 0. The molecule has 62 valence electrons. The molecule has 0 aliphatic carbocycles. The normalized spacial score (nSPS) is 37.6. The predicted octanol–water partition coefficient (Wildman–Crippen LogP) is 0.159. The molecule has 0 aromatic carbocycles. The first kappa shape index (κ1) is 7.10. The Morgan fingerprint density at radius 3 is 3.27 bits per heavy atom. The fraction of sp³-hybridized carbons (Fsp3) is 0.875. The van der Waals surface area contributed by atoms with Crippen LogP contribution in [0.15, 0.2) is 0 Å². The Morgan fingerprint density at radius 1 is 1.45 bits per heavy atom. The van der Waals surface area contributed by atoms with E-state index in [9.17, 15) is 4.79 Å². The summed E-state index contributed by atoms with van der Waals surface area (Å²) in [7, 11) is 0. The van der Waals surface area contributed by atoms with E-state index >= 15 is 0 Å². The van der Waals surface area contributed by atoms with Crippen molar-refractivity contribution in [2.45, 2.75) is 12.8 Å². The second-order valence-corrected chi connectivity index (χ2v) is 3.40. The van der Waals surface area contributed by atoms with Crippen molar-refractivity contribution in [2.75, 3.05) is 19.7 Å². The highest BCUT2D eigenvalue weighted by Gasteiger charge is 2.32. The summed E-state index contributed by atoms with van der Waals surface area (Å²) in [5, 5.41) is 3.30. The van der Waals surface area contributed by atoms with E-state index in [1.54, 1.807) is 0 Å². The SMILES string of the molecule is O=C1C[C@@H]2CNCC[C@H]2CO1. The number of fused-ring (bicyclic) bond motifs is 1. The van der Waals surface area contributed by atoms with Gasteiger partial charge in [0.2, 0.25) is 0 Å². The van der Waals surface area contributed by atoms with E-state index in [0.717, 1.165) is 19.5 Å². The molecule has 0 unspecified atom stereocenters. The molecule has 0 spiro atoms. The van der Waals surface area contributed by atoms with Gasteiger partial charge in [-0.05, 0) is 31.3 Å². The molecule has 3 heteroatoms. The maximum absolute atomic E-state index is 10.9. The highest BCUT2D eigenvalue weighted by molar-refractivity contribution is 5.70. The van der Waals surface area contributed by atoms with Crippen molar-refractivity contribution in [1.29, 1.82) is 0 Å². The average Bonchev–Trinajstić information content (AvgIpc) is 2.04. The van der Waals surface area contributed by atoms with Crippen molar-refractivity contribution in [1.82, 2.24) is 5.32 Å². The zero-order valence-corrected chi connectivity index (χ0v) is 6.51. The molecule has 2 heterocycles. The minimum atomic E-state index is -0.0186. The van der Waals surface area contributed by atoms with Gasteiger partial charge in [-0.1, -0.05) is 0 Å². The fourth-order valence-electron chi connectivity index (χ4n) is 1.91. The molecule has 0 amide bonds. The van der Waals surface area contributed by atoms with Crippen LogP contribution in [-0.4, -0.2) is 25.7 Å². The highest BCUT2D eigenvalue weighted by atomic mass is 16.5. The maximum Gasteiger partial charge on any atom is 0.306 e. The predicted molar refractivity (Wildman–Crippen MR) is 40.0 cm³/mol. The van der Waals surface area contributed by atoms with E-state index < -0.39 is 0 Å². The van der Waals surface area contributed by atoms with Crippen LogP contribution in [-0.2, 0) is 9.53 Å². The maximum atomic E-state index is 10.9. The number of carbonyl (C=O) groups is 1. The molecule has 2 saturated heterocycles. The van der Waals surface area contributed by atoms with Crippen molar-refractivity contribution in [3.05, 3.63) is 0 Å². The largest absolute Gasteiger partial charge is 0.465 e. The molecule has 0 saturated carbocycles. The molecule has 1 N–H and O–H groups in total. The Bertz CT molecular complexity index is 169. The van der Waals surface area contributed by atoms with E-state index in [2.05, 4.69) is 5.32 Å². The summed E-state index contributed by atoms with van der Waals surface area (Å²) in [4.78, 5) is 10.9. The van der Waals surface area contributed by atoms with Gasteiger partial charge in [-0.2, -0.15) is 0 Å². The van der Waals surface area contributed by atoms with Crippen LogP contribution in [0.25, 0.3) is 0 Å². The summed E-state index contributed by atoms with van der Waals surface area (Å²) in [5.74, 6) is 1.16. The van der Waals surface area contributed by atoms with Gasteiger partial charge in [-0.3, -0.25) is 4.79 Å². The molecule has 3 nitrogen and oxygen atoms in total. The minimum absolute atomic E-state index is 0.0186. The lowest BCUT2D eigenvalue weighted by Crippen LogP contribution is -2.43. The quantitative estimate of drug-likeness (QED) is 0.506. The van der Waals surface area contributed by atoms with Crippen LogP contribution < -0.4 is 5.32 Å². The number of nitrogens with one attached hydrogen (secondary N) is 1. The van der Waals surface area contributed by atoms with Gasteiger partial charge in [0.05, 0.1) is 6.61 Å². The van der Waals surface area contributed by atoms with Gasteiger partial charge in [-0.15, -0.1) is 0 Å². The number of carbonyl (C=O) groups excluding carboxylic acids is 1. The average molecular weight is 155 g/mol. The number of esters is 1. The van der Waals surface area contributed by atoms with E-state index in [-0.39, 0.29) is 5.97 Å². The number of hydrogen-bond acceptors (Lipinski definition) is 3. The van der Waals surface area contributed by atoms with Gasteiger partial charge in [0, 0.05) is 6.42 Å². The van der Waals surface area contributed by atoms with Gasteiger partial charge >= 0.3 is 5.97 Å². The van der Waals surface area contributed by atoms with Crippen molar-refractivity contribution < 1.29 is 9.53 Å². The highest BCUT2D eigenvalue weighted by Crippen LogP contribution is 2.26. The van der Waals surface area contributed by atoms with E-state index in [1.165, 1.54) is 0 Å². The lowest BCUT2D eigenvalue weighted by atomic mass is 9.83. The van der Waals surface area contributed by atoms with Gasteiger partial charge in [0.15, 0.2) is 0 Å². The number of cyclic esters (lactones) is 1. The summed E-state index contributed by atoms with van der Waals surface area (Å²) >= 11 is 0. The minimum Gasteiger partial charge on any atom is -0.465 e. The van der Waals surface area contributed by atoms with Crippen LogP contribution in [0.2, 0.25) is 0 Å². The van der Waals surface area contributed by atoms with Crippen molar-refractivity contribution >= 4 is 5.97 Å². The van der Waals surface area contributed by atoms with Crippen molar-refractivity contribution in [3.8, 4) is 0 Å². The first-order valence-electron chi connectivity index (χ1n) is 4.22. The zero-order chi connectivity index (χ0) is 7.68. The van der Waals surface area contributed by atoms with Gasteiger partial charge < -0.3 is 10.1 Å². The standard InChI is InChI=1S/C8H13NO2/c10-8-3-7-4-9-2-1-6(7)5-11-8/h6-7,9H,1-5H2/t6-,7+/m0/s1. The molecular formula is C8H13NO2. The lowest BCUT2D eigenvalue weighted by Gasteiger charge is -2.34. The Labute approximate surface area is 66.1 Å². The summed E-state index contributed by atoms with van der Waals surface area (Å²) < 4.78 is 4.98. The molecule has 0 bridgehead atoms. The van der Waals surface area contributed by atoms with Gasteiger partial charge in [0.25, 0.3) is 0 Å². The molecule has 0 radical (unpaired) electrons. The van der Waals surface area contributed by atoms with E-state index in [0.29, 0.717) is 24.9 Å². The van der Waals surface area contributed by atoms with E-state index in [1.807, 2.05) is 0 Å². The van der Waals surface area contributed by atoms with Crippen LogP contribution >= 0.6 is 0 Å². The fourth-order valence-corrected chi connectivity index (χ4v) is 1.91. The van der Waals surface area contributed by atoms with Crippen molar-refractivity contribution in [3.63, 3.8) is 0 Å². The molecule has 0 aromatic rings. The molecule has 2 fully saturated rings. The van der Waals surface area contributed by atoms with Gasteiger partial charge in [0.1, 0.15) is 0 Å². The van der Waals surface area contributed by atoms with Crippen LogP contribution in [0.1, 0.15) is 12.8 Å². The summed E-state index contributed by atoms with van der Waals surface area (Å²) in [6.07, 6.45) is 1.79. The molecule has 11 heavy (non-hydrogen) atoms. The van der Waals surface area contributed by atoms with Crippen molar-refractivity contribution in [2.24, 2.45) is 11.8 Å².